The van der Waals surface area contributed by atoms with Crippen LogP contribution in [-0.2, 0) is 19.1 Å². The highest BCUT2D eigenvalue weighted by Crippen LogP contribution is 2.11. The zero-order valence-electron chi connectivity index (χ0n) is 26.1. The van der Waals surface area contributed by atoms with Crippen LogP contribution in [0.5, 0.6) is 0 Å². The van der Waals surface area contributed by atoms with Gasteiger partial charge in [0.25, 0.3) is 0 Å². The highest BCUT2D eigenvalue weighted by Gasteiger charge is 2.16. The van der Waals surface area contributed by atoms with Crippen molar-refractivity contribution in [2.24, 2.45) is 0 Å². The van der Waals surface area contributed by atoms with Crippen molar-refractivity contribution >= 4 is 11.9 Å². The van der Waals surface area contributed by atoms with Gasteiger partial charge in [-0.25, -0.2) is 0 Å². The lowest BCUT2D eigenvalue weighted by molar-refractivity contribution is -0.161. The van der Waals surface area contributed by atoms with Crippen LogP contribution in [0, 0.1) is 0 Å². The predicted molar refractivity (Wildman–Crippen MR) is 168 cm³/mol. The highest BCUT2D eigenvalue weighted by molar-refractivity contribution is 5.70. The van der Waals surface area contributed by atoms with Gasteiger partial charge in [0, 0.05) is 12.8 Å². The Morgan fingerprint density at radius 2 is 1.02 bits per heavy atom. The third-order valence-corrected chi connectivity index (χ3v) is 6.91. The molecule has 0 amide bonds. The maximum absolute atomic E-state index is 12.1. The summed E-state index contributed by atoms with van der Waals surface area (Å²) in [5.74, 6) is -0.622. The van der Waals surface area contributed by atoms with Crippen molar-refractivity contribution in [2.75, 3.05) is 13.2 Å². The number of rotatable bonds is 29. The minimum Gasteiger partial charge on any atom is -0.462 e. The van der Waals surface area contributed by atoms with Crippen molar-refractivity contribution in [2.45, 2.75) is 161 Å². The maximum Gasteiger partial charge on any atom is 0.306 e. The fraction of sp³-hybridized carbons (Fsp3) is 0.771. The van der Waals surface area contributed by atoms with Gasteiger partial charge in [-0.2, -0.15) is 0 Å². The first-order chi connectivity index (χ1) is 19.6. The molecule has 1 N–H and O–H groups in total. The van der Waals surface area contributed by atoms with Crippen LogP contribution in [0.2, 0.25) is 0 Å². The van der Waals surface area contributed by atoms with Crippen molar-refractivity contribution in [1.29, 1.82) is 0 Å². The van der Waals surface area contributed by atoms with E-state index in [9.17, 15) is 14.7 Å². The molecule has 1 atom stereocenters. The largest absolute Gasteiger partial charge is 0.462 e. The molecule has 0 spiro atoms. The molecule has 0 bridgehead atoms. The third-order valence-electron chi connectivity index (χ3n) is 6.91. The van der Waals surface area contributed by atoms with Crippen LogP contribution in [0.3, 0.4) is 0 Å². The lowest BCUT2D eigenvalue weighted by atomic mass is 10.1. The first-order valence-corrected chi connectivity index (χ1v) is 16.5. The zero-order valence-corrected chi connectivity index (χ0v) is 26.1. The van der Waals surface area contributed by atoms with Crippen LogP contribution >= 0.6 is 0 Å². The summed E-state index contributed by atoms with van der Waals surface area (Å²) in [6.45, 7) is 4.03. The Bertz CT molecular complexity index is 652. The van der Waals surface area contributed by atoms with E-state index in [1.807, 2.05) is 0 Å². The second-order valence-corrected chi connectivity index (χ2v) is 10.9. The fourth-order valence-electron chi connectivity index (χ4n) is 4.33. The van der Waals surface area contributed by atoms with E-state index >= 15 is 0 Å². The van der Waals surface area contributed by atoms with Gasteiger partial charge in [-0.05, 0) is 64.2 Å². The monoisotopic (exact) mass is 562 g/mol. The SMILES string of the molecule is CCCC/C=C\CCCCCCCC(=O)O[C@@H](CO)COC(=O)CCCCCCC/C=C\C/C=C\CCCCC. The average molecular weight is 563 g/mol. The quantitative estimate of drug-likeness (QED) is 0.0558. The molecule has 0 saturated heterocycles. The number of esters is 2. The van der Waals surface area contributed by atoms with Crippen LogP contribution in [0.25, 0.3) is 0 Å². The second kappa shape index (κ2) is 31.6. The lowest BCUT2D eigenvalue weighted by Gasteiger charge is -2.15. The average Bonchev–Trinajstić information content (AvgIpc) is 2.96. The molecule has 5 nitrogen and oxygen atoms in total. The van der Waals surface area contributed by atoms with Crippen molar-refractivity contribution < 1.29 is 24.2 Å². The number of carbonyl (C=O) groups excluding carboxylic acids is 2. The number of ether oxygens (including phenoxy) is 2. The number of allylic oxidation sites excluding steroid dienone is 6. The third kappa shape index (κ3) is 29.1. The number of aliphatic hydroxyl groups is 1. The summed E-state index contributed by atoms with van der Waals surface area (Å²) in [6, 6.07) is 0. The minimum absolute atomic E-state index is 0.0763. The zero-order chi connectivity index (χ0) is 29.4. The number of aliphatic hydroxyl groups excluding tert-OH is 1. The molecule has 0 fully saturated rings. The molecule has 0 aromatic rings. The van der Waals surface area contributed by atoms with E-state index in [1.54, 1.807) is 0 Å². The smallest absolute Gasteiger partial charge is 0.306 e. The summed E-state index contributed by atoms with van der Waals surface area (Å²) in [4.78, 5) is 24.1. The number of hydrogen-bond donors (Lipinski definition) is 1. The summed E-state index contributed by atoms with van der Waals surface area (Å²) in [5.41, 5.74) is 0. The topological polar surface area (TPSA) is 72.8 Å². The van der Waals surface area contributed by atoms with Gasteiger partial charge in [0.15, 0.2) is 6.10 Å². The Hall–Kier alpha value is -1.88. The van der Waals surface area contributed by atoms with Crippen LogP contribution in [0.4, 0.5) is 0 Å². The molecule has 0 aliphatic carbocycles. The molecule has 0 rings (SSSR count). The summed E-state index contributed by atoms with van der Waals surface area (Å²) >= 11 is 0. The van der Waals surface area contributed by atoms with E-state index in [2.05, 4.69) is 50.3 Å². The summed E-state index contributed by atoms with van der Waals surface area (Å²) < 4.78 is 10.5. The predicted octanol–water partition coefficient (Wildman–Crippen LogP) is 9.72. The summed E-state index contributed by atoms with van der Waals surface area (Å²) in [6.07, 6.45) is 36.2. The van der Waals surface area contributed by atoms with E-state index in [1.165, 1.54) is 70.6 Å². The van der Waals surface area contributed by atoms with E-state index in [-0.39, 0.29) is 25.2 Å². The van der Waals surface area contributed by atoms with Crippen LogP contribution in [0.1, 0.15) is 155 Å². The molecule has 40 heavy (non-hydrogen) atoms. The normalized spacial score (nSPS) is 12.6. The first kappa shape index (κ1) is 38.1. The fourth-order valence-corrected chi connectivity index (χ4v) is 4.33. The van der Waals surface area contributed by atoms with Crippen molar-refractivity contribution in [3.63, 3.8) is 0 Å². The van der Waals surface area contributed by atoms with Gasteiger partial charge in [0.05, 0.1) is 6.61 Å². The molecule has 0 aliphatic rings. The van der Waals surface area contributed by atoms with Gasteiger partial charge < -0.3 is 14.6 Å². The van der Waals surface area contributed by atoms with Gasteiger partial charge in [0.1, 0.15) is 6.61 Å². The minimum atomic E-state index is -0.777. The molecule has 0 heterocycles. The Morgan fingerprint density at radius 1 is 0.575 bits per heavy atom. The molecular formula is C35H62O5. The van der Waals surface area contributed by atoms with E-state index in [0.717, 1.165) is 57.8 Å². The molecule has 0 saturated carbocycles. The van der Waals surface area contributed by atoms with Gasteiger partial charge in [0.2, 0.25) is 0 Å². The molecular weight excluding hydrogens is 500 g/mol. The summed E-state index contributed by atoms with van der Waals surface area (Å²) in [5, 5.41) is 9.48. The van der Waals surface area contributed by atoms with E-state index < -0.39 is 6.10 Å². The van der Waals surface area contributed by atoms with E-state index in [4.69, 9.17) is 9.47 Å². The molecule has 232 valence electrons. The number of unbranched alkanes of at least 4 members (excludes halogenated alkanes) is 15. The second-order valence-electron chi connectivity index (χ2n) is 10.9. The molecule has 5 heteroatoms. The van der Waals surface area contributed by atoms with Crippen molar-refractivity contribution in [1.82, 2.24) is 0 Å². The number of carbonyl (C=O) groups is 2. The Labute approximate surface area is 246 Å². The first-order valence-electron chi connectivity index (χ1n) is 16.5. The Kier molecular flexibility index (Phi) is 30.2. The molecule has 0 aliphatic heterocycles. The van der Waals surface area contributed by atoms with Gasteiger partial charge >= 0.3 is 11.9 Å². The van der Waals surface area contributed by atoms with Crippen LogP contribution < -0.4 is 0 Å². The Balaban J connectivity index is 3.63. The molecule has 0 aromatic carbocycles. The lowest BCUT2D eigenvalue weighted by Crippen LogP contribution is -2.28. The van der Waals surface area contributed by atoms with Crippen LogP contribution in [0.15, 0.2) is 36.5 Å². The number of hydrogen-bond acceptors (Lipinski definition) is 5. The molecule has 0 radical (unpaired) electrons. The van der Waals surface area contributed by atoms with Crippen molar-refractivity contribution in [3.05, 3.63) is 36.5 Å². The Morgan fingerprint density at radius 3 is 1.57 bits per heavy atom. The van der Waals surface area contributed by atoms with Gasteiger partial charge in [-0.15, -0.1) is 0 Å². The molecule has 0 aromatic heterocycles. The highest BCUT2D eigenvalue weighted by atomic mass is 16.6. The van der Waals surface area contributed by atoms with Crippen molar-refractivity contribution in [3.8, 4) is 0 Å². The van der Waals surface area contributed by atoms with Gasteiger partial charge in [-0.3, -0.25) is 9.59 Å². The van der Waals surface area contributed by atoms with Crippen LogP contribution in [-0.4, -0.2) is 36.4 Å². The summed E-state index contributed by atoms with van der Waals surface area (Å²) in [7, 11) is 0. The van der Waals surface area contributed by atoms with Gasteiger partial charge in [-0.1, -0.05) is 115 Å². The standard InChI is InChI=1S/C35H62O5/c1-3-5-7-9-11-13-15-16-17-18-20-21-23-25-27-29-34(37)39-32-33(31-36)40-35(38)30-28-26-24-22-19-14-12-10-8-6-4-2/h10-13,16-17,33,36H,3-9,14-15,18-32H2,1-2H3/b12-10-,13-11-,17-16-/t33-/m0/s1. The maximum atomic E-state index is 12.1. The molecule has 0 unspecified atom stereocenters. The van der Waals surface area contributed by atoms with E-state index in [0.29, 0.717) is 12.8 Å².